The molecule has 27 heavy (non-hydrogen) atoms. The Bertz CT molecular complexity index is 733. The zero-order chi connectivity index (χ0) is 19.6. The second-order valence-electron chi connectivity index (χ2n) is 6.83. The standard InChI is InChI=1S/C20H32N6O/c1-15-11-16(2)13-18(12-15)7-9-22-20(21-8-6-10-27-5)23-14-19-25-24-17(3)26(19)4/h11-13H,6-10,14H2,1-5H3,(H2,21,22,23). The lowest BCUT2D eigenvalue weighted by atomic mass is 10.1. The minimum atomic E-state index is 0.487. The summed E-state index contributed by atoms with van der Waals surface area (Å²) < 4.78 is 7.07. The molecule has 0 unspecified atom stereocenters. The van der Waals surface area contributed by atoms with Crippen molar-refractivity contribution in [2.24, 2.45) is 12.0 Å². The highest BCUT2D eigenvalue weighted by molar-refractivity contribution is 5.79. The predicted octanol–water partition coefficient (Wildman–Crippen LogP) is 2.05. The molecule has 0 fully saturated rings. The Labute approximate surface area is 162 Å². The lowest BCUT2D eigenvalue weighted by molar-refractivity contribution is 0.195. The van der Waals surface area contributed by atoms with Crippen molar-refractivity contribution in [3.63, 3.8) is 0 Å². The van der Waals surface area contributed by atoms with Gasteiger partial charge in [0.15, 0.2) is 11.8 Å². The van der Waals surface area contributed by atoms with Gasteiger partial charge in [0.2, 0.25) is 0 Å². The number of rotatable bonds is 9. The molecule has 1 aromatic heterocycles. The van der Waals surface area contributed by atoms with E-state index in [-0.39, 0.29) is 0 Å². The normalized spacial score (nSPS) is 11.7. The maximum Gasteiger partial charge on any atom is 0.191 e. The molecule has 0 aliphatic heterocycles. The van der Waals surface area contributed by atoms with Gasteiger partial charge in [-0.25, -0.2) is 4.99 Å². The van der Waals surface area contributed by atoms with Crippen molar-refractivity contribution in [2.75, 3.05) is 26.8 Å². The van der Waals surface area contributed by atoms with E-state index >= 15 is 0 Å². The van der Waals surface area contributed by atoms with Crippen LogP contribution in [0.3, 0.4) is 0 Å². The molecule has 7 heteroatoms. The summed E-state index contributed by atoms with van der Waals surface area (Å²) in [6, 6.07) is 6.67. The van der Waals surface area contributed by atoms with E-state index in [1.165, 1.54) is 16.7 Å². The van der Waals surface area contributed by atoms with E-state index in [0.29, 0.717) is 6.54 Å². The second-order valence-corrected chi connectivity index (χ2v) is 6.83. The molecular weight excluding hydrogens is 340 g/mol. The van der Waals surface area contributed by atoms with E-state index in [0.717, 1.165) is 50.1 Å². The largest absolute Gasteiger partial charge is 0.385 e. The molecule has 2 N–H and O–H groups in total. The van der Waals surface area contributed by atoms with Gasteiger partial charge in [-0.2, -0.15) is 0 Å². The first-order valence-electron chi connectivity index (χ1n) is 9.42. The van der Waals surface area contributed by atoms with Crippen LogP contribution in [-0.4, -0.2) is 47.5 Å². The first kappa shape index (κ1) is 20.9. The SMILES string of the molecule is COCCCNC(=NCc1nnc(C)n1C)NCCc1cc(C)cc(C)c1. The van der Waals surface area contributed by atoms with Gasteiger partial charge in [0.25, 0.3) is 0 Å². The number of guanidine groups is 1. The number of aryl methyl sites for hydroxylation is 3. The number of hydrogen-bond donors (Lipinski definition) is 2. The van der Waals surface area contributed by atoms with Crippen LogP contribution in [0.1, 0.15) is 34.8 Å². The molecule has 0 aliphatic carbocycles. The number of ether oxygens (including phenoxy) is 1. The average molecular weight is 373 g/mol. The van der Waals surface area contributed by atoms with Crippen molar-refractivity contribution < 1.29 is 4.74 Å². The molecular formula is C20H32N6O. The van der Waals surface area contributed by atoms with E-state index in [1.807, 2.05) is 18.5 Å². The van der Waals surface area contributed by atoms with Crippen LogP contribution >= 0.6 is 0 Å². The summed E-state index contributed by atoms with van der Waals surface area (Å²) in [6.07, 6.45) is 1.88. The predicted molar refractivity (Wildman–Crippen MR) is 109 cm³/mol. The highest BCUT2D eigenvalue weighted by Gasteiger charge is 2.05. The summed E-state index contributed by atoms with van der Waals surface area (Å²) in [5.74, 6) is 2.52. The lowest BCUT2D eigenvalue weighted by Gasteiger charge is -2.13. The molecule has 0 bridgehead atoms. The van der Waals surface area contributed by atoms with Crippen molar-refractivity contribution in [1.29, 1.82) is 0 Å². The lowest BCUT2D eigenvalue weighted by Crippen LogP contribution is -2.39. The molecule has 0 spiro atoms. The van der Waals surface area contributed by atoms with Gasteiger partial charge >= 0.3 is 0 Å². The molecule has 7 nitrogen and oxygen atoms in total. The number of nitrogens with one attached hydrogen (secondary N) is 2. The topological polar surface area (TPSA) is 76.4 Å². The average Bonchev–Trinajstić information content (AvgIpc) is 2.94. The van der Waals surface area contributed by atoms with Crippen LogP contribution in [0.4, 0.5) is 0 Å². The number of aliphatic imine (C=N–C) groups is 1. The van der Waals surface area contributed by atoms with Gasteiger partial charge in [-0.15, -0.1) is 10.2 Å². The fourth-order valence-corrected chi connectivity index (χ4v) is 2.87. The third-order valence-electron chi connectivity index (χ3n) is 4.37. The number of hydrogen-bond acceptors (Lipinski definition) is 4. The van der Waals surface area contributed by atoms with E-state index < -0.39 is 0 Å². The Morgan fingerprint density at radius 3 is 2.41 bits per heavy atom. The summed E-state index contributed by atoms with van der Waals surface area (Å²) in [4.78, 5) is 4.66. The summed E-state index contributed by atoms with van der Waals surface area (Å²) in [5.41, 5.74) is 3.94. The Kier molecular flexibility index (Phi) is 8.26. The van der Waals surface area contributed by atoms with E-state index in [2.05, 4.69) is 57.9 Å². The van der Waals surface area contributed by atoms with Crippen LogP contribution in [0.15, 0.2) is 23.2 Å². The summed E-state index contributed by atoms with van der Waals surface area (Å²) >= 11 is 0. The van der Waals surface area contributed by atoms with E-state index in [4.69, 9.17) is 4.74 Å². The maximum atomic E-state index is 5.11. The summed E-state index contributed by atoms with van der Waals surface area (Å²) in [7, 11) is 3.67. The van der Waals surface area contributed by atoms with Crippen LogP contribution in [0.25, 0.3) is 0 Å². The van der Waals surface area contributed by atoms with Crippen molar-refractivity contribution in [3.05, 3.63) is 46.5 Å². The zero-order valence-corrected chi connectivity index (χ0v) is 17.2. The molecule has 0 aliphatic rings. The van der Waals surface area contributed by atoms with Crippen molar-refractivity contribution in [3.8, 4) is 0 Å². The minimum Gasteiger partial charge on any atom is -0.385 e. The van der Waals surface area contributed by atoms with E-state index in [9.17, 15) is 0 Å². The molecule has 0 radical (unpaired) electrons. The minimum absolute atomic E-state index is 0.487. The van der Waals surface area contributed by atoms with Gasteiger partial charge in [0.1, 0.15) is 12.4 Å². The molecule has 2 aromatic rings. The third-order valence-corrected chi connectivity index (χ3v) is 4.37. The van der Waals surface area contributed by atoms with Gasteiger partial charge in [-0.3, -0.25) is 0 Å². The smallest absolute Gasteiger partial charge is 0.191 e. The van der Waals surface area contributed by atoms with Crippen LogP contribution in [-0.2, 0) is 24.8 Å². The summed E-state index contributed by atoms with van der Waals surface area (Å²) in [5, 5.41) is 15.0. The number of nitrogens with zero attached hydrogens (tertiary/aromatic N) is 4. The number of methoxy groups -OCH3 is 1. The van der Waals surface area contributed by atoms with Crippen LogP contribution in [0.2, 0.25) is 0 Å². The fourth-order valence-electron chi connectivity index (χ4n) is 2.87. The van der Waals surface area contributed by atoms with Crippen LogP contribution in [0.5, 0.6) is 0 Å². The van der Waals surface area contributed by atoms with E-state index in [1.54, 1.807) is 7.11 Å². The van der Waals surface area contributed by atoms with Gasteiger partial charge in [0.05, 0.1) is 0 Å². The number of aromatic nitrogens is 3. The Morgan fingerprint density at radius 2 is 1.78 bits per heavy atom. The molecule has 1 aromatic carbocycles. The van der Waals surface area contributed by atoms with Gasteiger partial charge < -0.3 is 19.9 Å². The van der Waals surface area contributed by atoms with Gasteiger partial charge in [0, 0.05) is 33.9 Å². The van der Waals surface area contributed by atoms with Gasteiger partial charge in [-0.1, -0.05) is 29.3 Å². The first-order valence-corrected chi connectivity index (χ1v) is 9.42. The maximum absolute atomic E-state index is 5.11. The highest BCUT2D eigenvalue weighted by atomic mass is 16.5. The molecule has 0 amide bonds. The molecule has 2 rings (SSSR count). The molecule has 0 saturated carbocycles. The molecule has 1 heterocycles. The number of benzene rings is 1. The van der Waals surface area contributed by atoms with Crippen LogP contribution < -0.4 is 10.6 Å². The van der Waals surface area contributed by atoms with Crippen molar-refractivity contribution >= 4 is 5.96 Å². The Hall–Kier alpha value is -2.41. The van der Waals surface area contributed by atoms with Crippen LogP contribution in [0, 0.1) is 20.8 Å². The highest BCUT2D eigenvalue weighted by Crippen LogP contribution is 2.09. The fraction of sp³-hybridized carbons (Fsp3) is 0.550. The molecule has 148 valence electrons. The Morgan fingerprint density at radius 1 is 1.07 bits per heavy atom. The Balaban J connectivity index is 1.94. The second kappa shape index (κ2) is 10.7. The first-order chi connectivity index (χ1) is 13.0. The van der Waals surface area contributed by atoms with Gasteiger partial charge in [-0.05, 0) is 39.2 Å². The summed E-state index contributed by atoms with van der Waals surface area (Å²) in [6.45, 7) is 9.05. The third kappa shape index (κ3) is 7.02. The molecule has 0 saturated heterocycles. The van der Waals surface area contributed by atoms with Crippen molar-refractivity contribution in [2.45, 2.75) is 40.2 Å². The monoisotopic (exact) mass is 372 g/mol. The molecule has 0 atom stereocenters. The van der Waals surface area contributed by atoms with Crippen molar-refractivity contribution in [1.82, 2.24) is 25.4 Å². The quantitative estimate of drug-likeness (QED) is 0.400. The zero-order valence-electron chi connectivity index (χ0n) is 17.2.